The molecule has 0 aromatic carbocycles. The van der Waals surface area contributed by atoms with Crippen molar-refractivity contribution >= 4 is 11.3 Å². The van der Waals surface area contributed by atoms with Crippen molar-refractivity contribution in [3.8, 4) is 10.7 Å². The van der Waals surface area contributed by atoms with E-state index in [-0.39, 0.29) is 0 Å². The molecule has 0 spiro atoms. The number of rotatable bonds is 3. The second-order valence-electron chi connectivity index (χ2n) is 4.15. The van der Waals surface area contributed by atoms with Gasteiger partial charge in [-0.2, -0.15) is 0 Å². The van der Waals surface area contributed by atoms with E-state index in [2.05, 4.69) is 42.1 Å². The summed E-state index contributed by atoms with van der Waals surface area (Å²) in [6.45, 7) is 6.28. The highest BCUT2D eigenvalue weighted by Gasteiger charge is 2.15. The molecule has 2 aromatic rings. The maximum Gasteiger partial charge on any atom is 0.142 e. The number of nitrogens with one attached hydrogen (secondary N) is 1. The average molecular weight is 247 g/mol. The first-order valence-corrected chi connectivity index (χ1v) is 6.51. The van der Waals surface area contributed by atoms with Gasteiger partial charge in [0.2, 0.25) is 0 Å². The van der Waals surface area contributed by atoms with Crippen molar-refractivity contribution in [3.63, 3.8) is 0 Å². The first-order chi connectivity index (χ1) is 8.13. The number of aryl methyl sites for hydroxylation is 2. The van der Waals surface area contributed by atoms with Crippen LogP contribution in [0, 0.1) is 13.8 Å². The van der Waals surface area contributed by atoms with E-state index in [1.165, 1.54) is 10.4 Å². The highest BCUT2D eigenvalue weighted by atomic mass is 32.1. The van der Waals surface area contributed by atoms with E-state index in [1.54, 1.807) is 11.3 Å². The summed E-state index contributed by atoms with van der Waals surface area (Å²) in [5.41, 5.74) is 3.26. The SMILES string of the molecule is CNC(C)c1sc(-c2ncccc2C)nc1C. The molecule has 0 fully saturated rings. The molecule has 0 saturated heterocycles. The van der Waals surface area contributed by atoms with E-state index in [0.29, 0.717) is 6.04 Å². The molecule has 1 atom stereocenters. The predicted molar refractivity (Wildman–Crippen MR) is 72.3 cm³/mol. The summed E-state index contributed by atoms with van der Waals surface area (Å²) in [5.74, 6) is 0. The lowest BCUT2D eigenvalue weighted by Gasteiger charge is -2.07. The highest BCUT2D eigenvalue weighted by molar-refractivity contribution is 7.15. The van der Waals surface area contributed by atoms with E-state index in [0.717, 1.165) is 16.4 Å². The summed E-state index contributed by atoms with van der Waals surface area (Å²) in [7, 11) is 1.97. The average Bonchev–Trinajstić information content (AvgIpc) is 2.71. The summed E-state index contributed by atoms with van der Waals surface area (Å²) in [4.78, 5) is 10.3. The maximum atomic E-state index is 4.63. The normalized spacial score (nSPS) is 12.7. The lowest BCUT2D eigenvalue weighted by molar-refractivity contribution is 0.658. The van der Waals surface area contributed by atoms with Crippen LogP contribution in [-0.4, -0.2) is 17.0 Å². The number of hydrogen-bond acceptors (Lipinski definition) is 4. The van der Waals surface area contributed by atoms with E-state index < -0.39 is 0 Å². The molecule has 2 aromatic heterocycles. The van der Waals surface area contributed by atoms with Crippen molar-refractivity contribution in [1.82, 2.24) is 15.3 Å². The van der Waals surface area contributed by atoms with E-state index in [4.69, 9.17) is 0 Å². The highest BCUT2D eigenvalue weighted by Crippen LogP contribution is 2.31. The third-order valence-electron chi connectivity index (χ3n) is 2.87. The minimum absolute atomic E-state index is 0.338. The van der Waals surface area contributed by atoms with Gasteiger partial charge in [0.25, 0.3) is 0 Å². The van der Waals surface area contributed by atoms with Gasteiger partial charge in [0.05, 0.1) is 5.69 Å². The van der Waals surface area contributed by atoms with Crippen LogP contribution in [0.25, 0.3) is 10.7 Å². The molecule has 17 heavy (non-hydrogen) atoms. The zero-order valence-electron chi connectivity index (χ0n) is 10.6. The summed E-state index contributed by atoms with van der Waals surface area (Å²) in [6, 6.07) is 4.36. The Morgan fingerprint density at radius 2 is 2.12 bits per heavy atom. The third kappa shape index (κ3) is 2.37. The molecule has 0 radical (unpaired) electrons. The quantitative estimate of drug-likeness (QED) is 0.905. The molecule has 0 aliphatic heterocycles. The summed E-state index contributed by atoms with van der Waals surface area (Å²) >= 11 is 1.72. The van der Waals surface area contributed by atoms with Gasteiger partial charge in [0, 0.05) is 17.1 Å². The standard InChI is InChI=1S/C13H17N3S/c1-8-6-5-7-15-11(8)13-16-10(3)12(17-13)9(2)14-4/h5-7,9,14H,1-4H3. The molecule has 0 bridgehead atoms. The minimum atomic E-state index is 0.338. The number of pyridine rings is 1. The molecule has 1 N–H and O–H groups in total. The lowest BCUT2D eigenvalue weighted by atomic mass is 10.2. The Morgan fingerprint density at radius 3 is 2.76 bits per heavy atom. The van der Waals surface area contributed by atoms with Gasteiger partial charge in [-0.1, -0.05) is 6.07 Å². The molecule has 3 nitrogen and oxygen atoms in total. The molecule has 0 amide bonds. The monoisotopic (exact) mass is 247 g/mol. The Morgan fingerprint density at radius 1 is 1.35 bits per heavy atom. The molecule has 90 valence electrons. The number of aromatic nitrogens is 2. The third-order valence-corrected chi connectivity index (χ3v) is 4.22. The molecular weight excluding hydrogens is 230 g/mol. The molecule has 2 heterocycles. The zero-order valence-corrected chi connectivity index (χ0v) is 11.4. The topological polar surface area (TPSA) is 37.8 Å². The Bertz CT molecular complexity index is 519. The molecule has 2 rings (SSSR count). The predicted octanol–water partition coefficient (Wildman–Crippen LogP) is 3.10. The van der Waals surface area contributed by atoms with Gasteiger partial charge in [-0.3, -0.25) is 4.98 Å². The van der Waals surface area contributed by atoms with Crippen LogP contribution in [0.3, 0.4) is 0 Å². The lowest BCUT2D eigenvalue weighted by Crippen LogP contribution is -2.11. The van der Waals surface area contributed by atoms with Gasteiger partial charge in [-0.15, -0.1) is 11.3 Å². The first-order valence-electron chi connectivity index (χ1n) is 5.70. The van der Waals surface area contributed by atoms with Crippen LogP contribution in [0.2, 0.25) is 0 Å². The van der Waals surface area contributed by atoms with E-state index in [1.807, 2.05) is 19.3 Å². The van der Waals surface area contributed by atoms with Crippen LogP contribution in [0.5, 0.6) is 0 Å². The van der Waals surface area contributed by atoms with Crippen LogP contribution >= 0.6 is 11.3 Å². The molecule has 1 unspecified atom stereocenters. The Hall–Kier alpha value is -1.26. The number of nitrogens with zero attached hydrogens (tertiary/aromatic N) is 2. The van der Waals surface area contributed by atoms with Crippen molar-refractivity contribution in [2.75, 3.05) is 7.05 Å². The van der Waals surface area contributed by atoms with Crippen LogP contribution in [0.1, 0.15) is 29.1 Å². The number of hydrogen-bond donors (Lipinski definition) is 1. The van der Waals surface area contributed by atoms with Crippen LogP contribution in [0.15, 0.2) is 18.3 Å². The second kappa shape index (κ2) is 4.94. The second-order valence-corrected chi connectivity index (χ2v) is 5.18. The Balaban J connectivity index is 2.45. The zero-order chi connectivity index (χ0) is 12.4. The molecular formula is C13H17N3S. The summed E-state index contributed by atoms with van der Waals surface area (Å²) in [6.07, 6.45) is 1.82. The number of thiazole rings is 1. The van der Waals surface area contributed by atoms with Crippen molar-refractivity contribution < 1.29 is 0 Å². The van der Waals surface area contributed by atoms with Crippen molar-refractivity contribution in [2.45, 2.75) is 26.8 Å². The van der Waals surface area contributed by atoms with Crippen LogP contribution in [0.4, 0.5) is 0 Å². The fourth-order valence-electron chi connectivity index (χ4n) is 1.75. The first kappa shape index (κ1) is 12.2. The Labute approximate surface area is 106 Å². The largest absolute Gasteiger partial charge is 0.312 e. The van der Waals surface area contributed by atoms with Crippen LogP contribution in [-0.2, 0) is 0 Å². The molecule has 0 saturated carbocycles. The molecule has 0 aliphatic rings. The fraction of sp³-hybridized carbons (Fsp3) is 0.385. The summed E-state index contributed by atoms with van der Waals surface area (Å²) < 4.78 is 0. The van der Waals surface area contributed by atoms with Gasteiger partial charge in [-0.25, -0.2) is 4.98 Å². The van der Waals surface area contributed by atoms with Crippen LogP contribution < -0.4 is 5.32 Å². The van der Waals surface area contributed by atoms with Crippen molar-refractivity contribution in [1.29, 1.82) is 0 Å². The van der Waals surface area contributed by atoms with Gasteiger partial charge in [0.15, 0.2) is 0 Å². The minimum Gasteiger partial charge on any atom is -0.312 e. The van der Waals surface area contributed by atoms with Gasteiger partial charge in [0.1, 0.15) is 10.7 Å². The van der Waals surface area contributed by atoms with E-state index in [9.17, 15) is 0 Å². The van der Waals surface area contributed by atoms with E-state index >= 15 is 0 Å². The van der Waals surface area contributed by atoms with Crippen molar-refractivity contribution in [2.24, 2.45) is 0 Å². The smallest absolute Gasteiger partial charge is 0.142 e. The van der Waals surface area contributed by atoms with Gasteiger partial charge in [-0.05, 0) is 39.4 Å². The summed E-state index contributed by atoms with van der Waals surface area (Å²) in [5, 5.41) is 4.26. The van der Waals surface area contributed by atoms with Gasteiger partial charge >= 0.3 is 0 Å². The van der Waals surface area contributed by atoms with Gasteiger partial charge < -0.3 is 5.32 Å². The maximum absolute atomic E-state index is 4.63. The Kier molecular flexibility index (Phi) is 3.54. The molecule has 4 heteroatoms. The molecule has 0 aliphatic carbocycles. The van der Waals surface area contributed by atoms with Crippen molar-refractivity contribution in [3.05, 3.63) is 34.5 Å². The fourth-order valence-corrected chi connectivity index (χ4v) is 2.94.